The predicted octanol–water partition coefficient (Wildman–Crippen LogP) is 5.76. The van der Waals surface area contributed by atoms with Gasteiger partial charge in [0.2, 0.25) is 0 Å². The van der Waals surface area contributed by atoms with Crippen molar-refractivity contribution in [2.24, 2.45) is 0 Å². The highest BCUT2D eigenvalue weighted by Crippen LogP contribution is 2.35. The second kappa shape index (κ2) is 7.11. The molecule has 0 radical (unpaired) electrons. The summed E-state index contributed by atoms with van der Waals surface area (Å²) in [4.78, 5) is 10.6. The van der Waals surface area contributed by atoms with E-state index in [1.54, 1.807) is 24.3 Å². The maximum absolute atomic E-state index is 10.6. The molecule has 0 aliphatic heterocycles. The normalized spacial score (nSPS) is 10.8. The van der Waals surface area contributed by atoms with E-state index in [9.17, 15) is 4.79 Å². The fourth-order valence-electron chi connectivity index (χ4n) is 1.57. The van der Waals surface area contributed by atoms with Crippen molar-refractivity contribution in [3.05, 3.63) is 62.0 Å². The lowest BCUT2D eigenvalue weighted by atomic mass is 10.2. The number of aliphatic carboxylic acids is 1. The lowest BCUT2D eigenvalue weighted by molar-refractivity contribution is -0.131. The van der Waals surface area contributed by atoms with Crippen molar-refractivity contribution < 1.29 is 14.6 Å². The maximum Gasteiger partial charge on any atom is 0.328 e. The first kappa shape index (κ1) is 16.1. The highest BCUT2D eigenvalue weighted by molar-refractivity contribution is 9.11. The van der Waals surface area contributed by atoms with Crippen LogP contribution in [0.5, 0.6) is 11.5 Å². The number of carboxylic acid groups (broad SMARTS) is 1. The Morgan fingerprint density at radius 3 is 2.57 bits per heavy atom. The van der Waals surface area contributed by atoms with E-state index < -0.39 is 5.97 Å². The van der Waals surface area contributed by atoms with Gasteiger partial charge in [-0.25, -0.2) is 4.79 Å². The smallest absolute Gasteiger partial charge is 0.328 e. The van der Waals surface area contributed by atoms with Crippen molar-refractivity contribution in [2.45, 2.75) is 0 Å². The Labute approximate surface area is 143 Å². The van der Waals surface area contributed by atoms with Crippen LogP contribution < -0.4 is 4.74 Å². The molecule has 0 bridgehead atoms. The largest absolute Gasteiger partial charge is 0.478 e. The molecule has 0 aliphatic carbocycles. The van der Waals surface area contributed by atoms with Gasteiger partial charge in [-0.2, -0.15) is 0 Å². The van der Waals surface area contributed by atoms with Crippen LogP contribution in [0.1, 0.15) is 5.56 Å². The van der Waals surface area contributed by atoms with Gasteiger partial charge in [0.15, 0.2) is 0 Å². The Morgan fingerprint density at radius 1 is 1.14 bits per heavy atom. The monoisotopic (exact) mass is 430 g/mol. The molecule has 2 aromatic carbocycles. The average Bonchev–Trinajstić information content (AvgIpc) is 2.41. The lowest BCUT2D eigenvalue weighted by Gasteiger charge is -2.11. The first-order valence-corrected chi connectivity index (χ1v) is 7.75. The van der Waals surface area contributed by atoms with E-state index in [1.807, 2.05) is 12.1 Å². The van der Waals surface area contributed by atoms with Crippen LogP contribution in [-0.4, -0.2) is 11.1 Å². The molecule has 6 heteroatoms. The Kier molecular flexibility index (Phi) is 5.45. The van der Waals surface area contributed by atoms with Gasteiger partial charge in [0.1, 0.15) is 11.5 Å². The van der Waals surface area contributed by atoms with Crippen LogP contribution in [0.15, 0.2) is 51.4 Å². The zero-order valence-corrected chi connectivity index (χ0v) is 14.4. The molecule has 1 N–H and O–H groups in total. The Morgan fingerprint density at radius 2 is 1.90 bits per heavy atom. The molecular formula is C15H9Br2ClO3. The van der Waals surface area contributed by atoms with E-state index in [4.69, 9.17) is 21.4 Å². The van der Waals surface area contributed by atoms with Crippen molar-refractivity contribution in [3.8, 4) is 11.5 Å². The van der Waals surface area contributed by atoms with Crippen LogP contribution in [0.25, 0.3) is 6.08 Å². The summed E-state index contributed by atoms with van der Waals surface area (Å²) in [5.41, 5.74) is 0.622. The van der Waals surface area contributed by atoms with Crippen molar-refractivity contribution in [1.29, 1.82) is 0 Å². The molecule has 3 nitrogen and oxygen atoms in total. The fourth-order valence-corrected chi connectivity index (χ4v) is 2.86. The van der Waals surface area contributed by atoms with Crippen molar-refractivity contribution >= 4 is 55.5 Å². The van der Waals surface area contributed by atoms with Gasteiger partial charge in [0.05, 0.1) is 4.47 Å². The summed E-state index contributed by atoms with van der Waals surface area (Å²) in [6, 6.07) is 10.5. The van der Waals surface area contributed by atoms with Crippen LogP contribution in [0.4, 0.5) is 0 Å². The van der Waals surface area contributed by atoms with Gasteiger partial charge >= 0.3 is 5.97 Å². The summed E-state index contributed by atoms with van der Waals surface area (Å²) in [5.74, 6) is 0.0502. The zero-order valence-electron chi connectivity index (χ0n) is 10.5. The van der Waals surface area contributed by atoms with Crippen LogP contribution in [0.3, 0.4) is 0 Å². The zero-order chi connectivity index (χ0) is 15.4. The Hall–Kier alpha value is -1.30. The number of hydrogen-bond acceptors (Lipinski definition) is 2. The maximum atomic E-state index is 10.6. The highest BCUT2D eigenvalue weighted by atomic mass is 79.9. The second-order valence-corrected chi connectivity index (χ2v) is 6.24. The number of carboxylic acids is 1. The number of hydrogen-bond donors (Lipinski definition) is 1. The van der Waals surface area contributed by atoms with Crippen LogP contribution in [0, 0.1) is 0 Å². The van der Waals surface area contributed by atoms with Crippen molar-refractivity contribution in [1.82, 2.24) is 0 Å². The Bertz CT molecular complexity index is 714. The van der Waals surface area contributed by atoms with E-state index >= 15 is 0 Å². The van der Waals surface area contributed by atoms with Gasteiger partial charge in [-0.05, 0) is 52.3 Å². The molecule has 0 spiro atoms. The van der Waals surface area contributed by atoms with Crippen LogP contribution >= 0.6 is 43.5 Å². The molecule has 0 heterocycles. The molecular weight excluding hydrogens is 423 g/mol. The topological polar surface area (TPSA) is 46.5 Å². The standard InChI is InChI=1S/C15H9Br2ClO3/c16-10-3-5-13(12(17)7-10)21-14-8-11(18)4-1-9(14)2-6-15(19)20/h1-8H,(H,19,20)/b6-2+. The molecule has 2 rings (SSSR count). The number of benzene rings is 2. The summed E-state index contributed by atoms with van der Waals surface area (Å²) in [7, 11) is 0. The van der Waals surface area contributed by atoms with Gasteiger partial charge in [0, 0.05) is 27.2 Å². The quantitative estimate of drug-likeness (QED) is 0.626. The van der Waals surface area contributed by atoms with Gasteiger partial charge in [0.25, 0.3) is 0 Å². The highest BCUT2D eigenvalue weighted by Gasteiger charge is 2.08. The minimum absolute atomic E-state index is 0.475. The number of ether oxygens (including phenoxy) is 1. The number of halogens is 3. The first-order chi connectivity index (χ1) is 9.95. The summed E-state index contributed by atoms with van der Waals surface area (Å²) >= 11 is 12.7. The average molecular weight is 432 g/mol. The lowest BCUT2D eigenvalue weighted by Crippen LogP contribution is -1.90. The van der Waals surface area contributed by atoms with Gasteiger partial charge < -0.3 is 9.84 Å². The molecule has 108 valence electrons. The second-order valence-electron chi connectivity index (χ2n) is 4.03. The third-order valence-electron chi connectivity index (χ3n) is 2.49. The molecule has 0 amide bonds. The fraction of sp³-hybridized carbons (Fsp3) is 0. The van der Waals surface area contributed by atoms with E-state index in [0.29, 0.717) is 22.1 Å². The molecule has 0 saturated heterocycles. The van der Waals surface area contributed by atoms with E-state index in [2.05, 4.69) is 31.9 Å². The summed E-state index contributed by atoms with van der Waals surface area (Å²) in [6.45, 7) is 0. The summed E-state index contributed by atoms with van der Waals surface area (Å²) < 4.78 is 7.50. The molecule has 0 aliphatic rings. The molecule has 0 fully saturated rings. The van der Waals surface area contributed by atoms with Gasteiger partial charge in [-0.15, -0.1) is 0 Å². The minimum Gasteiger partial charge on any atom is -0.478 e. The van der Waals surface area contributed by atoms with Crippen LogP contribution in [0.2, 0.25) is 5.02 Å². The van der Waals surface area contributed by atoms with Gasteiger partial charge in [-0.3, -0.25) is 0 Å². The molecule has 21 heavy (non-hydrogen) atoms. The SMILES string of the molecule is O=C(O)/C=C/c1ccc(Cl)cc1Oc1ccc(Br)cc1Br. The molecule has 0 saturated carbocycles. The minimum atomic E-state index is -1.03. The molecule has 0 unspecified atom stereocenters. The third-order valence-corrected chi connectivity index (χ3v) is 3.84. The van der Waals surface area contributed by atoms with Crippen molar-refractivity contribution in [3.63, 3.8) is 0 Å². The first-order valence-electron chi connectivity index (χ1n) is 5.79. The summed E-state index contributed by atoms with van der Waals surface area (Å²) in [6.07, 6.45) is 2.51. The molecule has 0 aromatic heterocycles. The van der Waals surface area contributed by atoms with E-state index in [0.717, 1.165) is 15.0 Å². The predicted molar refractivity (Wildman–Crippen MR) is 90.0 cm³/mol. The van der Waals surface area contributed by atoms with Crippen LogP contribution in [-0.2, 0) is 4.79 Å². The number of rotatable bonds is 4. The molecule has 0 atom stereocenters. The summed E-state index contributed by atoms with van der Waals surface area (Å²) in [5, 5.41) is 9.22. The number of carbonyl (C=O) groups is 1. The van der Waals surface area contributed by atoms with Gasteiger partial charge in [-0.1, -0.05) is 27.5 Å². The van der Waals surface area contributed by atoms with E-state index in [1.165, 1.54) is 6.08 Å². The van der Waals surface area contributed by atoms with Crippen molar-refractivity contribution in [2.75, 3.05) is 0 Å². The third kappa shape index (κ3) is 4.59. The van der Waals surface area contributed by atoms with E-state index in [-0.39, 0.29) is 0 Å². The molecule has 2 aromatic rings. The Balaban J connectivity index is 2.38.